The summed E-state index contributed by atoms with van der Waals surface area (Å²) in [6.45, 7) is 2.59. The average molecular weight is 271 g/mol. The lowest BCUT2D eigenvalue weighted by atomic mass is 9.93. The number of para-hydroxylation sites is 1. The van der Waals surface area contributed by atoms with E-state index in [2.05, 4.69) is 6.07 Å². The number of rotatable bonds is 2. The molecule has 0 fully saturated rings. The van der Waals surface area contributed by atoms with Crippen LogP contribution >= 0.6 is 0 Å². The van der Waals surface area contributed by atoms with E-state index in [1.807, 2.05) is 25.1 Å². The summed E-state index contributed by atoms with van der Waals surface area (Å²) in [5.74, 6) is 0.634. The summed E-state index contributed by atoms with van der Waals surface area (Å²) in [5, 5.41) is 0. The molecule has 0 amide bonds. The molecule has 2 nitrogen and oxygen atoms in total. The van der Waals surface area contributed by atoms with Gasteiger partial charge in [0.1, 0.15) is 11.6 Å². The minimum absolute atomic E-state index is 0.249. The van der Waals surface area contributed by atoms with Crippen LogP contribution in [0.2, 0.25) is 0 Å². The van der Waals surface area contributed by atoms with Crippen LogP contribution in [-0.2, 0) is 6.42 Å². The van der Waals surface area contributed by atoms with Crippen LogP contribution in [0.5, 0.6) is 5.75 Å². The van der Waals surface area contributed by atoms with Crippen molar-refractivity contribution in [1.29, 1.82) is 0 Å². The highest BCUT2D eigenvalue weighted by Gasteiger charge is 2.20. The summed E-state index contributed by atoms with van der Waals surface area (Å²) in [7, 11) is 0. The molecular formula is C17H18FNO. The maximum Gasteiger partial charge on any atom is 0.127 e. The third-order valence-corrected chi connectivity index (χ3v) is 3.72. The predicted octanol–water partition coefficient (Wildman–Crippen LogP) is 3.51. The molecule has 2 aromatic rings. The second-order valence-electron chi connectivity index (χ2n) is 5.33. The first-order valence-corrected chi connectivity index (χ1v) is 6.92. The van der Waals surface area contributed by atoms with Gasteiger partial charge >= 0.3 is 0 Å². The lowest BCUT2D eigenvalue weighted by molar-refractivity contribution is 0.284. The molecule has 0 radical (unpaired) electrons. The van der Waals surface area contributed by atoms with E-state index in [-0.39, 0.29) is 11.9 Å². The van der Waals surface area contributed by atoms with Crippen molar-refractivity contribution in [2.75, 3.05) is 6.61 Å². The first-order chi connectivity index (χ1) is 9.65. The Balaban J connectivity index is 2.04. The van der Waals surface area contributed by atoms with Gasteiger partial charge in [0.25, 0.3) is 0 Å². The molecule has 3 rings (SSSR count). The van der Waals surface area contributed by atoms with Crippen LogP contribution in [-0.4, -0.2) is 6.61 Å². The first kappa shape index (κ1) is 13.1. The van der Waals surface area contributed by atoms with Gasteiger partial charge in [0.15, 0.2) is 0 Å². The van der Waals surface area contributed by atoms with Gasteiger partial charge in [0, 0.05) is 5.56 Å². The Kier molecular flexibility index (Phi) is 3.45. The van der Waals surface area contributed by atoms with Gasteiger partial charge in [-0.05, 0) is 48.6 Å². The highest BCUT2D eigenvalue weighted by molar-refractivity contribution is 5.48. The van der Waals surface area contributed by atoms with Crippen molar-refractivity contribution in [2.24, 2.45) is 5.73 Å². The Bertz CT molecular complexity index is 619. The number of hydrogen-bond acceptors (Lipinski definition) is 2. The summed E-state index contributed by atoms with van der Waals surface area (Å²) in [4.78, 5) is 0. The van der Waals surface area contributed by atoms with Crippen LogP contribution in [0.15, 0.2) is 36.4 Å². The fourth-order valence-corrected chi connectivity index (χ4v) is 2.78. The molecule has 1 aliphatic rings. The molecule has 1 aliphatic heterocycles. The van der Waals surface area contributed by atoms with Gasteiger partial charge in [-0.25, -0.2) is 4.39 Å². The van der Waals surface area contributed by atoms with Gasteiger partial charge in [-0.2, -0.15) is 0 Å². The van der Waals surface area contributed by atoms with E-state index in [1.165, 1.54) is 17.7 Å². The molecule has 0 aromatic heterocycles. The molecule has 1 atom stereocenters. The van der Waals surface area contributed by atoms with Crippen molar-refractivity contribution in [3.8, 4) is 5.75 Å². The standard InChI is InChI=1S/C17H18FNO/c1-11-8-13(10-14(18)9-11)16(19)15-6-2-4-12-5-3-7-20-17(12)15/h2,4,6,8-10,16H,3,5,7,19H2,1H3. The monoisotopic (exact) mass is 271 g/mol. The second-order valence-corrected chi connectivity index (χ2v) is 5.33. The molecule has 0 saturated heterocycles. The van der Waals surface area contributed by atoms with Gasteiger partial charge in [0.05, 0.1) is 12.6 Å². The van der Waals surface area contributed by atoms with Crippen molar-refractivity contribution < 1.29 is 9.13 Å². The Morgan fingerprint density at radius 2 is 2.10 bits per heavy atom. The van der Waals surface area contributed by atoms with Crippen molar-refractivity contribution in [3.63, 3.8) is 0 Å². The van der Waals surface area contributed by atoms with E-state index in [0.717, 1.165) is 41.9 Å². The minimum atomic E-state index is -0.363. The smallest absolute Gasteiger partial charge is 0.127 e. The number of fused-ring (bicyclic) bond motifs is 1. The van der Waals surface area contributed by atoms with Crippen LogP contribution in [0.25, 0.3) is 0 Å². The molecule has 1 unspecified atom stereocenters. The first-order valence-electron chi connectivity index (χ1n) is 6.92. The number of aryl methyl sites for hydroxylation is 2. The van der Waals surface area contributed by atoms with Gasteiger partial charge < -0.3 is 10.5 Å². The summed E-state index contributed by atoms with van der Waals surface area (Å²) in [6, 6.07) is 10.6. The molecule has 3 heteroatoms. The molecule has 20 heavy (non-hydrogen) atoms. The van der Waals surface area contributed by atoms with Crippen LogP contribution in [0.3, 0.4) is 0 Å². The van der Waals surface area contributed by atoms with Crippen LogP contribution in [0, 0.1) is 12.7 Å². The lowest BCUT2D eigenvalue weighted by Crippen LogP contribution is -2.17. The summed E-state index contributed by atoms with van der Waals surface area (Å²) >= 11 is 0. The van der Waals surface area contributed by atoms with E-state index >= 15 is 0 Å². The summed E-state index contributed by atoms with van der Waals surface area (Å²) in [6.07, 6.45) is 2.04. The summed E-state index contributed by atoms with van der Waals surface area (Å²) in [5.41, 5.74) is 10.1. The van der Waals surface area contributed by atoms with Gasteiger partial charge in [-0.15, -0.1) is 0 Å². The zero-order chi connectivity index (χ0) is 14.1. The normalized spacial score (nSPS) is 15.3. The van der Waals surface area contributed by atoms with Crippen LogP contribution in [0.4, 0.5) is 4.39 Å². The molecule has 2 N–H and O–H groups in total. The molecule has 1 heterocycles. The van der Waals surface area contributed by atoms with E-state index in [4.69, 9.17) is 10.5 Å². The van der Waals surface area contributed by atoms with Crippen LogP contribution in [0.1, 0.15) is 34.7 Å². The molecule has 0 bridgehead atoms. The van der Waals surface area contributed by atoms with Gasteiger partial charge in [-0.3, -0.25) is 0 Å². The van der Waals surface area contributed by atoms with E-state index in [9.17, 15) is 4.39 Å². The number of nitrogens with two attached hydrogens (primary N) is 1. The molecule has 0 spiro atoms. The molecule has 0 saturated carbocycles. The minimum Gasteiger partial charge on any atom is -0.493 e. The fourth-order valence-electron chi connectivity index (χ4n) is 2.78. The predicted molar refractivity (Wildman–Crippen MR) is 77.4 cm³/mol. The maximum atomic E-state index is 13.6. The molecule has 104 valence electrons. The second kappa shape index (κ2) is 5.25. The largest absolute Gasteiger partial charge is 0.493 e. The van der Waals surface area contributed by atoms with Crippen molar-refractivity contribution in [3.05, 3.63) is 64.5 Å². The van der Waals surface area contributed by atoms with Crippen molar-refractivity contribution in [1.82, 2.24) is 0 Å². The zero-order valence-electron chi connectivity index (χ0n) is 11.5. The number of halogens is 1. The molecule has 2 aromatic carbocycles. The Morgan fingerprint density at radius 1 is 1.25 bits per heavy atom. The molecular weight excluding hydrogens is 253 g/mol. The van der Waals surface area contributed by atoms with Gasteiger partial charge in [-0.1, -0.05) is 24.3 Å². The Morgan fingerprint density at radius 3 is 2.90 bits per heavy atom. The number of ether oxygens (including phenoxy) is 1. The van der Waals surface area contributed by atoms with Crippen molar-refractivity contribution >= 4 is 0 Å². The highest BCUT2D eigenvalue weighted by Crippen LogP contribution is 2.34. The topological polar surface area (TPSA) is 35.2 Å². The van der Waals surface area contributed by atoms with E-state index in [1.54, 1.807) is 0 Å². The van der Waals surface area contributed by atoms with Gasteiger partial charge in [0.2, 0.25) is 0 Å². The van der Waals surface area contributed by atoms with E-state index < -0.39 is 0 Å². The third-order valence-electron chi connectivity index (χ3n) is 3.72. The third kappa shape index (κ3) is 2.41. The highest BCUT2D eigenvalue weighted by atomic mass is 19.1. The zero-order valence-corrected chi connectivity index (χ0v) is 11.5. The van der Waals surface area contributed by atoms with E-state index in [0.29, 0.717) is 0 Å². The lowest BCUT2D eigenvalue weighted by Gasteiger charge is -2.23. The average Bonchev–Trinajstić information content (AvgIpc) is 2.45. The fraction of sp³-hybridized carbons (Fsp3) is 0.294. The Labute approximate surface area is 118 Å². The summed E-state index contributed by atoms with van der Waals surface area (Å²) < 4.78 is 19.3. The Hall–Kier alpha value is -1.87. The molecule has 0 aliphatic carbocycles. The number of benzene rings is 2. The maximum absolute atomic E-state index is 13.6. The SMILES string of the molecule is Cc1cc(F)cc(C(N)c2cccc3c2OCCC3)c1. The van der Waals surface area contributed by atoms with Crippen LogP contribution < -0.4 is 10.5 Å². The van der Waals surface area contributed by atoms with Crippen molar-refractivity contribution in [2.45, 2.75) is 25.8 Å². The number of hydrogen-bond donors (Lipinski definition) is 1. The quantitative estimate of drug-likeness (QED) is 0.907.